The van der Waals surface area contributed by atoms with Crippen LogP contribution < -0.4 is 5.32 Å². The monoisotopic (exact) mass is 267 g/mol. The molecule has 3 rings (SSSR count). The van der Waals surface area contributed by atoms with Crippen LogP contribution in [0.15, 0.2) is 42.5 Å². The van der Waals surface area contributed by atoms with Crippen LogP contribution in [0.4, 0.5) is 0 Å². The van der Waals surface area contributed by atoms with Gasteiger partial charge >= 0.3 is 0 Å². The maximum absolute atomic E-state index is 5.48. The zero-order valence-corrected chi connectivity index (χ0v) is 12.1. The molecule has 1 aliphatic heterocycles. The molecular weight excluding hydrogens is 246 g/mol. The van der Waals surface area contributed by atoms with E-state index in [1.54, 1.807) is 0 Å². The molecule has 2 aromatic carbocycles. The molecule has 0 unspecified atom stereocenters. The quantitative estimate of drug-likeness (QED) is 0.907. The lowest BCUT2D eigenvalue weighted by atomic mass is 9.99. The van der Waals surface area contributed by atoms with Crippen LogP contribution in [-0.2, 0) is 24.5 Å². The Balaban J connectivity index is 1.84. The minimum atomic E-state index is 0.510. The van der Waals surface area contributed by atoms with Gasteiger partial charge in [0.1, 0.15) is 0 Å². The lowest BCUT2D eigenvalue weighted by Gasteiger charge is -2.10. The predicted molar refractivity (Wildman–Crippen MR) is 82.3 cm³/mol. The van der Waals surface area contributed by atoms with Gasteiger partial charge in [0.2, 0.25) is 0 Å². The van der Waals surface area contributed by atoms with Crippen LogP contribution in [0.25, 0.3) is 11.1 Å². The van der Waals surface area contributed by atoms with Gasteiger partial charge in [0.05, 0.1) is 13.2 Å². The summed E-state index contributed by atoms with van der Waals surface area (Å²) >= 11 is 0. The lowest BCUT2D eigenvalue weighted by Crippen LogP contribution is -2.21. The summed E-state index contributed by atoms with van der Waals surface area (Å²) in [6.45, 7) is 6.76. The van der Waals surface area contributed by atoms with E-state index in [1.807, 2.05) is 0 Å². The summed E-state index contributed by atoms with van der Waals surface area (Å²) in [5.74, 6) is 0. The van der Waals surface area contributed by atoms with E-state index in [0.717, 1.165) is 19.8 Å². The molecule has 0 spiro atoms. The molecular formula is C18H21NO. The van der Waals surface area contributed by atoms with E-state index in [2.05, 4.69) is 61.6 Å². The molecule has 0 saturated carbocycles. The van der Waals surface area contributed by atoms with E-state index in [4.69, 9.17) is 4.74 Å². The minimum Gasteiger partial charge on any atom is -0.372 e. The number of rotatable bonds is 4. The van der Waals surface area contributed by atoms with Gasteiger partial charge in [0.15, 0.2) is 0 Å². The van der Waals surface area contributed by atoms with E-state index in [0.29, 0.717) is 6.04 Å². The van der Waals surface area contributed by atoms with Gasteiger partial charge in [-0.25, -0.2) is 0 Å². The van der Waals surface area contributed by atoms with E-state index < -0.39 is 0 Å². The molecule has 104 valence electrons. The third-order valence-electron chi connectivity index (χ3n) is 3.70. The third-order valence-corrected chi connectivity index (χ3v) is 3.70. The molecule has 2 nitrogen and oxygen atoms in total. The first-order chi connectivity index (χ1) is 9.72. The normalized spacial score (nSPS) is 13.8. The van der Waals surface area contributed by atoms with Crippen molar-refractivity contribution in [3.8, 4) is 11.1 Å². The standard InChI is InChI=1S/C18H21NO/c1-13(2)19-10-14-4-3-5-15(8-14)16-6-7-17-11-20-12-18(17)9-16/h3-9,13,19H,10-12H2,1-2H3. The summed E-state index contributed by atoms with van der Waals surface area (Å²) in [4.78, 5) is 0. The number of benzene rings is 2. The molecule has 2 aromatic rings. The van der Waals surface area contributed by atoms with Crippen LogP contribution in [-0.4, -0.2) is 6.04 Å². The number of ether oxygens (including phenoxy) is 1. The van der Waals surface area contributed by atoms with Crippen molar-refractivity contribution in [2.24, 2.45) is 0 Å². The summed E-state index contributed by atoms with van der Waals surface area (Å²) in [6.07, 6.45) is 0. The average molecular weight is 267 g/mol. The minimum absolute atomic E-state index is 0.510. The van der Waals surface area contributed by atoms with Crippen molar-refractivity contribution in [1.29, 1.82) is 0 Å². The first-order valence-corrected chi connectivity index (χ1v) is 7.24. The number of hydrogen-bond acceptors (Lipinski definition) is 2. The molecule has 0 radical (unpaired) electrons. The van der Waals surface area contributed by atoms with Gasteiger partial charge in [-0.15, -0.1) is 0 Å². The molecule has 0 fully saturated rings. The molecule has 0 bridgehead atoms. The van der Waals surface area contributed by atoms with Crippen LogP contribution in [0.1, 0.15) is 30.5 Å². The highest BCUT2D eigenvalue weighted by molar-refractivity contribution is 5.65. The summed E-state index contributed by atoms with van der Waals surface area (Å²) in [5.41, 5.74) is 6.54. The Kier molecular flexibility index (Phi) is 3.86. The van der Waals surface area contributed by atoms with E-state index in [-0.39, 0.29) is 0 Å². The first-order valence-electron chi connectivity index (χ1n) is 7.24. The fourth-order valence-corrected chi connectivity index (χ4v) is 2.53. The van der Waals surface area contributed by atoms with Crippen LogP contribution >= 0.6 is 0 Å². The second-order valence-corrected chi connectivity index (χ2v) is 5.71. The zero-order chi connectivity index (χ0) is 13.9. The Hall–Kier alpha value is -1.64. The van der Waals surface area contributed by atoms with Gasteiger partial charge in [0, 0.05) is 12.6 Å². The summed E-state index contributed by atoms with van der Waals surface area (Å²) in [5, 5.41) is 3.46. The van der Waals surface area contributed by atoms with E-state index in [1.165, 1.54) is 27.8 Å². The Morgan fingerprint density at radius 2 is 1.80 bits per heavy atom. The highest BCUT2D eigenvalue weighted by Gasteiger charge is 2.11. The zero-order valence-electron chi connectivity index (χ0n) is 12.1. The molecule has 1 N–H and O–H groups in total. The smallest absolute Gasteiger partial charge is 0.0725 e. The molecule has 0 atom stereocenters. The molecule has 0 saturated heterocycles. The average Bonchev–Trinajstić information content (AvgIpc) is 2.93. The van der Waals surface area contributed by atoms with Crippen LogP contribution in [0.5, 0.6) is 0 Å². The molecule has 0 amide bonds. The largest absolute Gasteiger partial charge is 0.372 e. The third kappa shape index (κ3) is 2.92. The van der Waals surface area contributed by atoms with Crippen molar-refractivity contribution in [3.05, 3.63) is 59.2 Å². The van der Waals surface area contributed by atoms with Crippen molar-refractivity contribution in [2.45, 2.75) is 39.6 Å². The fraction of sp³-hybridized carbons (Fsp3) is 0.333. The highest BCUT2D eigenvalue weighted by Crippen LogP contribution is 2.27. The molecule has 20 heavy (non-hydrogen) atoms. The van der Waals surface area contributed by atoms with Crippen LogP contribution in [0.2, 0.25) is 0 Å². The summed E-state index contributed by atoms with van der Waals surface area (Å²) in [6, 6.07) is 15.9. The van der Waals surface area contributed by atoms with Crippen molar-refractivity contribution in [2.75, 3.05) is 0 Å². The van der Waals surface area contributed by atoms with E-state index in [9.17, 15) is 0 Å². The second kappa shape index (κ2) is 5.78. The molecule has 0 aliphatic carbocycles. The lowest BCUT2D eigenvalue weighted by molar-refractivity contribution is 0.134. The molecule has 0 aromatic heterocycles. The Morgan fingerprint density at radius 1 is 1.00 bits per heavy atom. The van der Waals surface area contributed by atoms with Crippen LogP contribution in [0, 0.1) is 0 Å². The Labute approximate surface area is 120 Å². The molecule has 1 heterocycles. The van der Waals surface area contributed by atoms with E-state index >= 15 is 0 Å². The number of fused-ring (bicyclic) bond motifs is 1. The first kappa shape index (κ1) is 13.3. The predicted octanol–water partition coefficient (Wildman–Crippen LogP) is 3.88. The maximum atomic E-state index is 5.48. The van der Waals surface area contributed by atoms with Crippen molar-refractivity contribution in [1.82, 2.24) is 5.32 Å². The second-order valence-electron chi connectivity index (χ2n) is 5.71. The SMILES string of the molecule is CC(C)NCc1cccc(-c2ccc3c(c2)COC3)c1. The summed E-state index contributed by atoms with van der Waals surface area (Å²) < 4.78 is 5.48. The molecule has 2 heteroatoms. The molecule has 1 aliphatic rings. The topological polar surface area (TPSA) is 21.3 Å². The van der Waals surface area contributed by atoms with Crippen LogP contribution in [0.3, 0.4) is 0 Å². The number of hydrogen-bond donors (Lipinski definition) is 1. The van der Waals surface area contributed by atoms with Gasteiger partial charge in [-0.3, -0.25) is 0 Å². The Morgan fingerprint density at radius 3 is 2.65 bits per heavy atom. The van der Waals surface area contributed by atoms with Gasteiger partial charge in [-0.05, 0) is 39.9 Å². The van der Waals surface area contributed by atoms with Gasteiger partial charge < -0.3 is 10.1 Å². The van der Waals surface area contributed by atoms with Crippen molar-refractivity contribution < 1.29 is 4.74 Å². The van der Waals surface area contributed by atoms with Gasteiger partial charge in [-0.2, -0.15) is 0 Å². The van der Waals surface area contributed by atoms with Crippen molar-refractivity contribution in [3.63, 3.8) is 0 Å². The summed E-state index contributed by atoms with van der Waals surface area (Å²) in [7, 11) is 0. The number of nitrogens with one attached hydrogen (secondary N) is 1. The fourth-order valence-electron chi connectivity index (χ4n) is 2.53. The highest BCUT2D eigenvalue weighted by atomic mass is 16.5. The Bertz CT molecular complexity index is 604. The van der Waals surface area contributed by atoms with Gasteiger partial charge in [0.25, 0.3) is 0 Å². The van der Waals surface area contributed by atoms with Gasteiger partial charge in [-0.1, -0.05) is 44.2 Å². The maximum Gasteiger partial charge on any atom is 0.0725 e. The van der Waals surface area contributed by atoms with Crippen molar-refractivity contribution >= 4 is 0 Å².